The van der Waals surface area contributed by atoms with Crippen LogP contribution in [0.25, 0.3) is 11.0 Å². The molecule has 4 nitrogen and oxygen atoms in total. The van der Waals surface area contributed by atoms with Crippen molar-refractivity contribution in [2.75, 3.05) is 5.75 Å². The first-order valence-corrected chi connectivity index (χ1v) is 9.99. The summed E-state index contributed by atoms with van der Waals surface area (Å²) in [6, 6.07) is 10.7. The second-order valence-electron chi connectivity index (χ2n) is 6.88. The largest absolute Gasteiger partial charge is 0.345 e. The van der Waals surface area contributed by atoms with E-state index in [9.17, 15) is 4.79 Å². The molecule has 4 rings (SSSR count). The number of hydrogen-bond acceptors (Lipinski definition) is 3. The Morgan fingerprint density at radius 3 is 2.85 bits per heavy atom. The minimum atomic E-state index is 0.173. The molecule has 26 heavy (non-hydrogen) atoms. The Morgan fingerprint density at radius 1 is 1.35 bits per heavy atom. The molecule has 0 unspecified atom stereocenters. The zero-order valence-electron chi connectivity index (χ0n) is 15.2. The van der Waals surface area contributed by atoms with Crippen molar-refractivity contribution in [3.63, 3.8) is 0 Å². The Bertz CT molecular complexity index is 994. The highest BCUT2D eigenvalue weighted by atomic mass is 32.2. The predicted octanol–water partition coefficient (Wildman–Crippen LogP) is 4.95. The summed E-state index contributed by atoms with van der Waals surface area (Å²) in [5, 5.41) is 0.871. The molecule has 1 saturated carbocycles. The second-order valence-corrected chi connectivity index (χ2v) is 7.82. The standard InChI is InChI=1S/C21H23N3OS/c1-4-11-23-19-8-6-5-7-18(19)22-21(23)26-13-20(25)17-12-14(2)24(15(17)3)16-9-10-16/h4-8,12,16H,1,9-11,13H2,2-3H3. The number of aromatic nitrogens is 3. The molecule has 1 aliphatic rings. The van der Waals surface area contributed by atoms with Crippen LogP contribution in [-0.4, -0.2) is 25.7 Å². The summed E-state index contributed by atoms with van der Waals surface area (Å²) in [4.78, 5) is 17.5. The molecule has 0 spiro atoms. The van der Waals surface area contributed by atoms with Crippen molar-refractivity contribution in [2.45, 2.75) is 44.4 Å². The van der Waals surface area contributed by atoms with Gasteiger partial charge in [0.2, 0.25) is 0 Å². The van der Waals surface area contributed by atoms with E-state index in [1.807, 2.05) is 30.3 Å². The first kappa shape index (κ1) is 17.2. The van der Waals surface area contributed by atoms with Crippen molar-refractivity contribution < 1.29 is 4.79 Å². The number of benzene rings is 1. The van der Waals surface area contributed by atoms with Gasteiger partial charge in [0.25, 0.3) is 0 Å². The van der Waals surface area contributed by atoms with Gasteiger partial charge in [0, 0.05) is 29.5 Å². The van der Waals surface area contributed by atoms with Crippen molar-refractivity contribution >= 4 is 28.6 Å². The van der Waals surface area contributed by atoms with E-state index in [-0.39, 0.29) is 5.78 Å². The molecule has 2 aromatic heterocycles. The zero-order chi connectivity index (χ0) is 18.3. The Hall–Kier alpha value is -2.27. The molecule has 134 valence electrons. The molecular weight excluding hydrogens is 342 g/mol. The average molecular weight is 366 g/mol. The molecule has 0 amide bonds. The van der Waals surface area contributed by atoms with Crippen LogP contribution in [0, 0.1) is 13.8 Å². The lowest BCUT2D eigenvalue weighted by molar-refractivity contribution is 0.102. The lowest BCUT2D eigenvalue weighted by atomic mass is 10.2. The number of rotatable bonds is 7. The highest BCUT2D eigenvalue weighted by Crippen LogP contribution is 2.38. The molecule has 1 fully saturated rings. The summed E-state index contributed by atoms with van der Waals surface area (Å²) in [7, 11) is 0. The van der Waals surface area contributed by atoms with E-state index in [4.69, 9.17) is 4.98 Å². The molecule has 0 N–H and O–H groups in total. The van der Waals surface area contributed by atoms with Crippen molar-refractivity contribution in [2.24, 2.45) is 0 Å². The van der Waals surface area contributed by atoms with Crippen LogP contribution in [0.1, 0.15) is 40.6 Å². The molecule has 0 saturated heterocycles. The number of imidazole rings is 1. The number of ketones is 1. The Balaban J connectivity index is 1.57. The van der Waals surface area contributed by atoms with Gasteiger partial charge in [0.05, 0.1) is 16.8 Å². The van der Waals surface area contributed by atoms with Crippen LogP contribution in [0.5, 0.6) is 0 Å². The summed E-state index contributed by atoms with van der Waals surface area (Å²) < 4.78 is 4.44. The summed E-state index contributed by atoms with van der Waals surface area (Å²) in [6.07, 6.45) is 4.32. The summed E-state index contributed by atoms with van der Waals surface area (Å²) in [5.41, 5.74) is 5.19. The van der Waals surface area contributed by atoms with Crippen LogP contribution in [0.4, 0.5) is 0 Å². The van der Waals surface area contributed by atoms with Crippen molar-refractivity contribution in [1.29, 1.82) is 0 Å². The molecule has 1 aliphatic carbocycles. The van der Waals surface area contributed by atoms with E-state index < -0.39 is 0 Å². The number of carbonyl (C=O) groups excluding carboxylic acids is 1. The SMILES string of the molecule is C=CCn1c(SCC(=O)c2cc(C)n(C3CC3)c2C)nc2ccccc21. The van der Waals surface area contributed by atoms with E-state index in [1.54, 1.807) is 0 Å². The second kappa shape index (κ2) is 6.80. The smallest absolute Gasteiger partial charge is 0.175 e. The van der Waals surface area contributed by atoms with Gasteiger partial charge in [-0.15, -0.1) is 6.58 Å². The Kier molecular flexibility index (Phi) is 4.49. The minimum absolute atomic E-state index is 0.173. The van der Waals surface area contributed by atoms with Crippen molar-refractivity contribution in [1.82, 2.24) is 14.1 Å². The normalized spacial score (nSPS) is 14.1. The quantitative estimate of drug-likeness (QED) is 0.338. The molecule has 3 aromatic rings. The third kappa shape index (κ3) is 3.01. The molecule has 2 heterocycles. The number of allylic oxidation sites excluding steroid dienone is 1. The van der Waals surface area contributed by atoms with Crippen LogP contribution >= 0.6 is 11.8 Å². The fourth-order valence-electron chi connectivity index (χ4n) is 3.63. The van der Waals surface area contributed by atoms with Gasteiger partial charge in [-0.05, 0) is 44.9 Å². The average Bonchev–Trinajstić information content (AvgIpc) is 3.34. The van der Waals surface area contributed by atoms with Gasteiger partial charge in [-0.25, -0.2) is 4.98 Å². The predicted molar refractivity (Wildman–Crippen MR) is 107 cm³/mol. The minimum Gasteiger partial charge on any atom is -0.345 e. The van der Waals surface area contributed by atoms with E-state index in [2.05, 4.69) is 35.6 Å². The molecule has 0 radical (unpaired) electrons. The monoisotopic (exact) mass is 365 g/mol. The topological polar surface area (TPSA) is 39.8 Å². The van der Waals surface area contributed by atoms with Gasteiger partial charge >= 0.3 is 0 Å². The maximum atomic E-state index is 12.8. The van der Waals surface area contributed by atoms with Crippen LogP contribution < -0.4 is 0 Å². The number of carbonyl (C=O) groups is 1. The number of thioether (sulfide) groups is 1. The highest BCUT2D eigenvalue weighted by Gasteiger charge is 2.28. The first-order chi connectivity index (χ1) is 12.6. The zero-order valence-corrected chi connectivity index (χ0v) is 16.1. The number of para-hydroxylation sites is 2. The van der Waals surface area contributed by atoms with Gasteiger partial charge in [-0.3, -0.25) is 4.79 Å². The lowest BCUT2D eigenvalue weighted by Gasteiger charge is -2.08. The van der Waals surface area contributed by atoms with E-state index in [0.717, 1.165) is 27.4 Å². The Labute approximate surface area is 157 Å². The summed E-state index contributed by atoms with van der Waals surface area (Å²) in [6.45, 7) is 8.69. The number of hydrogen-bond donors (Lipinski definition) is 0. The third-order valence-corrected chi connectivity index (χ3v) is 5.94. The number of aryl methyl sites for hydroxylation is 1. The van der Waals surface area contributed by atoms with Crippen LogP contribution in [0.2, 0.25) is 0 Å². The first-order valence-electron chi connectivity index (χ1n) is 9.00. The van der Waals surface area contributed by atoms with E-state index in [1.165, 1.54) is 30.3 Å². The van der Waals surface area contributed by atoms with Gasteiger partial charge in [0.15, 0.2) is 10.9 Å². The molecule has 0 atom stereocenters. The lowest BCUT2D eigenvalue weighted by Crippen LogP contribution is -2.07. The van der Waals surface area contributed by atoms with Crippen molar-refractivity contribution in [3.8, 4) is 0 Å². The summed E-state index contributed by atoms with van der Waals surface area (Å²) in [5.74, 6) is 0.572. The Morgan fingerprint density at radius 2 is 2.12 bits per heavy atom. The van der Waals surface area contributed by atoms with Gasteiger partial charge < -0.3 is 9.13 Å². The molecule has 1 aromatic carbocycles. The number of nitrogens with zero attached hydrogens (tertiary/aromatic N) is 3. The maximum absolute atomic E-state index is 12.8. The maximum Gasteiger partial charge on any atom is 0.175 e. The molecular formula is C21H23N3OS. The number of Topliss-reactive ketones (excluding diaryl/α,β-unsaturated/α-hetero) is 1. The van der Waals surface area contributed by atoms with E-state index >= 15 is 0 Å². The van der Waals surface area contributed by atoms with Gasteiger partial charge in [-0.1, -0.05) is 30.0 Å². The van der Waals surface area contributed by atoms with Crippen LogP contribution in [-0.2, 0) is 6.54 Å². The van der Waals surface area contributed by atoms with Crippen LogP contribution in [0.3, 0.4) is 0 Å². The van der Waals surface area contributed by atoms with Crippen molar-refractivity contribution in [3.05, 3.63) is 59.9 Å². The van der Waals surface area contributed by atoms with Gasteiger partial charge in [-0.2, -0.15) is 0 Å². The van der Waals surface area contributed by atoms with E-state index in [0.29, 0.717) is 18.3 Å². The number of fused-ring (bicyclic) bond motifs is 1. The van der Waals surface area contributed by atoms with Gasteiger partial charge in [0.1, 0.15) is 0 Å². The summed E-state index contributed by atoms with van der Waals surface area (Å²) >= 11 is 1.51. The fraction of sp³-hybridized carbons (Fsp3) is 0.333. The molecule has 5 heteroatoms. The third-order valence-electron chi connectivity index (χ3n) is 4.96. The molecule has 0 aliphatic heterocycles. The van der Waals surface area contributed by atoms with Crippen LogP contribution in [0.15, 0.2) is 48.1 Å². The fourth-order valence-corrected chi connectivity index (χ4v) is 4.54. The molecule has 0 bridgehead atoms. The highest BCUT2D eigenvalue weighted by molar-refractivity contribution is 7.99.